The SMILES string of the molecule is COCCCN(CC1(O)CCC2C3=CC=C4CC(O)CCC4(C)C3CCC21C)S(=O)(=O)c1cccs1. The molecule has 0 radical (unpaired) electrons. The van der Waals surface area contributed by atoms with Crippen molar-refractivity contribution < 1.29 is 23.4 Å². The number of aliphatic hydroxyl groups is 2. The highest BCUT2D eigenvalue weighted by molar-refractivity contribution is 7.91. The number of allylic oxidation sites excluding steroid dienone is 3. The van der Waals surface area contributed by atoms with Gasteiger partial charge < -0.3 is 14.9 Å². The van der Waals surface area contributed by atoms with Gasteiger partial charge in [-0.05, 0) is 80.1 Å². The molecular formula is C28H41NO5S2. The van der Waals surface area contributed by atoms with Crippen molar-refractivity contribution >= 4 is 21.4 Å². The van der Waals surface area contributed by atoms with Crippen LogP contribution in [0.3, 0.4) is 0 Å². The van der Waals surface area contributed by atoms with E-state index in [9.17, 15) is 18.6 Å². The molecule has 6 unspecified atom stereocenters. The summed E-state index contributed by atoms with van der Waals surface area (Å²) in [6.07, 6.45) is 10.8. The summed E-state index contributed by atoms with van der Waals surface area (Å²) in [5.74, 6) is 0.686. The molecule has 1 heterocycles. The van der Waals surface area contributed by atoms with Crippen LogP contribution >= 0.6 is 11.3 Å². The highest BCUT2D eigenvalue weighted by Gasteiger charge is 2.62. The van der Waals surface area contributed by atoms with Crippen LogP contribution in [0, 0.1) is 22.7 Å². The van der Waals surface area contributed by atoms with Gasteiger partial charge in [0.1, 0.15) is 4.21 Å². The molecule has 0 aliphatic heterocycles. The van der Waals surface area contributed by atoms with Crippen LogP contribution < -0.4 is 0 Å². The van der Waals surface area contributed by atoms with E-state index in [1.165, 1.54) is 26.8 Å². The van der Waals surface area contributed by atoms with Crippen LogP contribution in [0.15, 0.2) is 45.0 Å². The minimum atomic E-state index is -3.69. The zero-order valence-electron chi connectivity index (χ0n) is 21.8. The fourth-order valence-electron chi connectivity index (χ4n) is 7.85. The molecule has 3 saturated carbocycles. The number of hydrogen-bond acceptors (Lipinski definition) is 6. The van der Waals surface area contributed by atoms with Gasteiger partial charge in [0.2, 0.25) is 0 Å². The molecule has 6 atom stereocenters. The summed E-state index contributed by atoms with van der Waals surface area (Å²) in [6.45, 7) is 5.49. The Balaban J connectivity index is 1.44. The first-order valence-electron chi connectivity index (χ1n) is 13.4. The average molecular weight is 536 g/mol. The summed E-state index contributed by atoms with van der Waals surface area (Å²) >= 11 is 1.23. The lowest BCUT2D eigenvalue weighted by Crippen LogP contribution is -2.56. The highest BCUT2D eigenvalue weighted by Crippen LogP contribution is 2.66. The van der Waals surface area contributed by atoms with E-state index in [1.54, 1.807) is 24.6 Å². The molecule has 6 nitrogen and oxygen atoms in total. The number of nitrogens with zero attached hydrogens (tertiary/aromatic N) is 1. The Morgan fingerprint density at radius 1 is 1.14 bits per heavy atom. The molecule has 0 spiro atoms. The molecule has 0 bridgehead atoms. The van der Waals surface area contributed by atoms with Crippen LogP contribution in [0.2, 0.25) is 0 Å². The monoisotopic (exact) mass is 535 g/mol. The van der Waals surface area contributed by atoms with Crippen LogP contribution in [-0.4, -0.2) is 61.4 Å². The van der Waals surface area contributed by atoms with Crippen molar-refractivity contribution in [2.45, 2.75) is 81.1 Å². The molecule has 0 saturated heterocycles. The Kier molecular flexibility index (Phi) is 7.10. The first-order valence-corrected chi connectivity index (χ1v) is 15.7. The Bertz CT molecular complexity index is 1130. The molecule has 8 heteroatoms. The molecule has 1 aromatic heterocycles. The van der Waals surface area contributed by atoms with E-state index in [0.29, 0.717) is 36.1 Å². The normalized spacial score (nSPS) is 38.2. The lowest BCUT2D eigenvalue weighted by Gasteiger charge is -2.56. The topological polar surface area (TPSA) is 87.1 Å². The average Bonchev–Trinajstić information content (AvgIpc) is 3.47. The molecule has 36 heavy (non-hydrogen) atoms. The minimum absolute atomic E-state index is 0.0834. The maximum atomic E-state index is 13.6. The molecule has 2 N–H and O–H groups in total. The molecule has 1 aromatic rings. The number of fused-ring (bicyclic) bond motifs is 5. The first kappa shape index (κ1) is 26.6. The van der Waals surface area contributed by atoms with Crippen LogP contribution in [0.25, 0.3) is 0 Å². The van der Waals surface area contributed by atoms with Crippen molar-refractivity contribution in [1.29, 1.82) is 0 Å². The van der Waals surface area contributed by atoms with Gasteiger partial charge in [-0.15, -0.1) is 11.3 Å². The van der Waals surface area contributed by atoms with Crippen LogP contribution in [0.1, 0.15) is 65.2 Å². The Morgan fingerprint density at radius 2 is 1.92 bits per heavy atom. The number of ether oxygens (including phenoxy) is 1. The Morgan fingerprint density at radius 3 is 2.64 bits per heavy atom. The summed E-state index contributed by atoms with van der Waals surface area (Å²) < 4.78 is 34.2. The second kappa shape index (κ2) is 9.62. The summed E-state index contributed by atoms with van der Waals surface area (Å²) in [5.41, 5.74) is 1.43. The predicted molar refractivity (Wildman–Crippen MR) is 142 cm³/mol. The molecule has 0 aromatic carbocycles. The third-order valence-electron chi connectivity index (χ3n) is 10.2. The number of hydrogen-bond donors (Lipinski definition) is 2. The standard InChI is InChI=1S/C28H41NO5S2/c1-26-12-9-21(30)18-20(26)7-8-22-23(26)10-13-27(2)24(22)11-14-28(27,31)19-29(15-5-16-34-3)36(32,33)25-6-4-17-35-25/h4,6-8,17,21,23-24,30-31H,5,9-16,18-19H2,1-3H3. The second-order valence-electron chi connectivity index (χ2n) is 11.9. The number of thiophene rings is 1. The van der Waals surface area contributed by atoms with Crippen LogP contribution in [-0.2, 0) is 14.8 Å². The van der Waals surface area contributed by atoms with E-state index in [4.69, 9.17) is 4.74 Å². The molecule has 200 valence electrons. The van der Waals surface area contributed by atoms with Gasteiger partial charge in [-0.3, -0.25) is 0 Å². The summed E-state index contributed by atoms with van der Waals surface area (Å²) in [4.78, 5) is 0. The maximum absolute atomic E-state index is 13.6. The fourth-order valence-corrected chi connectivity index (χ4v) is 10.5. The van der Waals surface area contributed by atoms with Gasteiger partial charge in [0, 0.05) is 32.2 Å². The van der Waals surface area contributed by atoms with E-state index in [0.717, 1.165) is 38.5 Å². The third-order valence-corrected chi connectivity index (χ3v) is 13.4. The summed E-state index contributed by atoms with van der Waals surface area (Å²) in [7, 11) is -2.07. The van der Waals surface area contributed by atoms with Crippen molar-refractivity contribution in [1.82, 2.24) is 4.31 Å². The van der Waals surface area contributed by atoms with Crippen molar-refractivity contribution in [3.63, 3.8) is 0 Å². The second-order valence-corrected chi connectivity index (χ2v) is 15.0. The summed E-state index contributed by atoms with van der Waals surface area (Å²) in [6, 6.07) is 3.41. The molecule has 0 amide bonds. The van der Waals surface area contributed by atoms with E-state index in [2.05, 4.69) is 26.0 Å². The highest BCUT2D eigenvalue weighted by atomic mass is 32.2. The van der Waals surface area contributed by atoms with Gasteiger partial charge in [-0.1, -0.05) is 43.2 Å². The predicted octanol–water partition coefficient (Wildman–Crippen LogP) is 4.75. The minimum Gasteiger partial charge on any atom is -0.393 e. The van der Waals surface area contributed by atoms with Crippen molar-refractivity contribution in [3.8, 4) is 0 Å². The largest absolute Gasteiger partial charge is 0.393 e. The van der Waals surface area contributed by atoms with Gasteiger partial charge in [0.25, 0.3) is 10.0 Å². The third kappa shape index (κ3) is 4.16. The summed E-state index contributed by atoms with van der Waals surface area (Å²) in [5, 5.41) is 24.3. The van der Waals surface area contributed by atoms with Crippen LogP contribution in [0.5, 0.6) is 0 Å². The maximum Gasteiger partial charge on any atom is 0.252 e. The zero-order valence-corrected chi connectivity index (χ0v) is 23.4. The fraction of sp³-hybridized carbons (Fsp3) is 0.714. The van der Waals surface area contributed by atoms with E-state index in [-0.39, 0.29) is 29.4 Å². The quantitative estimate of drug-likeness (QED) is 0.469. The first-order chi connectivity index (χ1) is 17.0. The van der Waals surface area contributed by atoms with E-state index in [1.807, 2.05) is 0 Å². The lowest BCUT2D eigenvalue weighted by molar-refractivity contribution is -0.0929. The molecular weight excluding hydrogens is 494 g/mol. The van der Waals surface area contributed by atoms with Gasteiger partial charge in [-0.2, -0.15) is 4.31 Å². The molecule has 3 fully saturated rings. The Hall–Kier alpha value is -1.03. The van der Waals surface area contributed by atoms with Crippen molar-refractivity contribution in [2.75, 3.05) is 26.8 Å². The number of sulfonamides is 1. The lowest BCUT2D eigenvalue weighted by atomic mass is 9.50. The number of methoxy groups -OCH3 is 1. The van der Waals surface area contributed by atoms with Crippen molar-refractivity contribution in [3.05, 3.63) is 40.8 Å². The Labute approximate surface area is 220 Å². The van der Waals surface area contributed by atoms with Gasteiger partial charge in [0.15, 0.2) is 0 Å². The number of rotatable bonds is 8. The van der Waals surface area contributed by atoms with E-state index >= 15 is 0 Å². The molecule has 4 aliphatic rings. The van der Waals surface area contributed by atoms with Gasteiger partial charge >= 0.3 is 0 Å². The van der Waals surface area contributed by atoms with Gasteiger partial charge in [0.05, 0.1) is 11.7 Å². The van der Waals surface area contributed by atoms with Crippen molar-refractivity contribution in [2.24, 2.45) is 22.7 Å². The molecule has 5 rings (SSSR count). The molecule has 4 aliphatic carbocycles. The van der Waals surface area contributed by atoms with Crippen LogP contribution in [0.4, 0.5) is 0 Å². The van der Waals surface area contributed by atoms with E-state index < -0.39 is 15.6 Å². The number of aliphatic hydroxyl groups excluding tert-OH is 1. The van der Waals surface area contributed by atoms with Gasteiger partial charge in [-0.25, -0.2) is 8.42 Å². The smallest absolute Gasteiger partial charge is 0.252 e. The zero-order chi connectivity index (χ0) is 25.8.